The van der Waals surface area contributed by atoms with E-state index in [4.69, 9.17) is 4.74 Å². The van der Waals surface area contributed by atoms with Crippen LogP contribution in [0.15, 0.2) is 0 Å². The third-order valence-corrected chi connectivity index (χ3v) is 3.35. The fraction of sp³-hybridized carbons (Fsp3) is 1.00. The number of likely N-dealkylation sites (tertiary alicyclic amines) is 1. The summed E-state index contributed by atoms with van der Waals surface area (Å²) in [4.78, 5) is 2.37. The molecule has 0 aliphatic carbocycles. The van der Waals surface area contributed by atoms with Crippen LogP contribution in [0.2, 0.25) is 0 Å². The minimum Gasteiger partial charge on any atom is -0.389 e. The Morgan fingerprint density at radius 3 is 2.87 bits per heavy atom. The van der Waals surface area contributed by atoms with E-state index in [0.29, 0.717) is 6.61 Å². The van der Waals surface area contributed by atoms with Crippen LogP contribution in [0.1, 0.15) is 32.6 Å². The van der Waals surface area contributed by atoms with Gasteiger partial charge in [-0.25, -0.2) is 0 Å². The Morgan fingerprint density at radius 2 is 2.20 bits per heavy atom. The molecule has 1 heterocycles. The van der Waals surface area contributed by atoms with Crippen LogP contribution in [-0.4, -0.2) is 49.5 Å². The number of methoxy groups -OCH3 is 1. The molecule has 90 valence electrons. The molecule has 2 unspecified atom stereocenters. The molecule has 3 nitrogen and oxygen atoms in total. The molecule has 0 aromatic rings. The van der Waals surface area contributed by atoms with Gasteiger partial charge in [-0.3, -0.25) is 0 Å². The number of nitrogens with zero attached hydrogens (tertiary/aromatic N) is 1. The molecule has 1 fully saturated rings. The van der Waals surface area contributed by atoms with Crippen molar-refractivity contribution < 1.29 is 9.84 Å². The van der Waals surface area contributed by atoms with E-state index in [2.05, 4.69) is 11.8 Å². The van der Waals surface area contributed by atoms with E-state index in [0.717, 1.165) is 25.6 Å². The van der Waals surface area contributed by atoms with E-state index in [9.17, 15) is 5.11 Å². The van der Waals surface area contributed by atoms with Crippen LogP contribution < -0.4 is 0 Å². The SMILES string of the molecule is CCC1CCCN(CC(O)COC)CC1. The van der Waals surface area contributed by atoms with Crippen molar-refractivity contribution in [2.45, 2.75) is 38.7 Å². The second-order valence-corrected chi connectivity index (χ2v) is 4.61. The summed E-state index contributed by atoms with van der Waals surface area (Å²) in [5, 5.41) is 9.65. The van der Waals surface area contributed by atoms with Crippen molar-refractivity contribution in [1.82, 2.24) is 4.90 Å². The largest absolute Gasteiger partial charge is 0.389 e. The molecule has 15 heavy (non-hydrogen) atoms. The molecular weight excluding hydrogens is 190 g/mol. The van der Waals surface area contributed by atoms with Gasteiger partial charge in [-0.15, -0.1) is 0 Å². The number of ether oxygens (including phenoxy) is 1. The molecule has 1 N–H and O–H groups in total. The Bertz CT molecular complexity index is 164. The van der Waals surface area contributed by atoms with E-state index < -0.39 is 0 Å². The molecule has 0 aromatic carbocycles. The van der Waals surface area contributed by atoms with Crippen molar-refractivity contribution in [3.05, 3.63) is 0 Å². The molecule has 1 saturated heterocycles. The van der Waals surface area contributed by atoms with Crippen molar-refractivity contribution in [2.24, 2.45) is 5.92 Å². The minimum atomic E-state index is -0.326. The molecule has 3 heteroatoms. The molecule has 1 rings (SSSR count). The van der Waals surface area contributed by atoms with E-state index in [1.807, 2.05) is 0 Å². The molecule has 0 amide bonds. The van der Waals surface area contributed by atoms with Gasteiger partial charge < -0.3 is 14.7 Å². The van der Waals surface area contributed by atoms with Gasteiger partial charge in [0.15, 0.2) is 0 Å². The predicted octanol–water partition coefficient (Wildman–Crippen LogP) is 1.51. The van der Waals surface area contributed by atoms with Crippen molar-refractivity contribution in [3.63, 3.8) is 0 Å². The maximum Gasteiger partial charge on any atom is 0.0900 e. The van der Waals surface area contributed by atoms with Gasteiger partial charge in [0.1, 0.15) is 0 Å². The molecular formula is C12H25NO2. The van der Waals surface area contributed by atoms with Gasteiger partial charge in [-0.1, -0.05) is 13.3 Å². The van der Waals surface area contributed by atoms with E-state index in [-0.39, 0.29) is 6.10 Å². The Labute approximate surface area is 93.4 Å². The first-order valence-corrected chi connectivity index (χ1v) is 6.15. The lowest BCUT2D eigenvalue weighted by Gasteiger charge is -2.22. The Kier molecular flexibility index (Phi) is 6.22. The lowest BCUT2D eigenvalue weighted by atomic mass is 9.98. The van der Waals surface area contributed by atoms with Crippen molar-refractivity contribution in [1.29, 1.82) is 0 Å². The molecule has 1 aliphatic rings. The third kappa shape index (κ3) is 4.96. The highest BCUT2D eigenvalue weighted by atomic mass is 16.5. The maximum absolute atomic E-state index is 9.65. The lowest BCUT2D eigenvalue weighted by Crippen LogP contribution is -2.35. The van der Waals surface area contributed by atoms with Crippen LogP contribution in [-0.2, 0) is 4.74 Å². The standard InChI is InChI=1S/C12H25NO2/c1-3-11-5-4-7-13(8-6-11)9-12(14)10-15-2/h11-12,14H,3-10H2,1-2H3. The highest BCUT2D eigenvalue weighted by Gasteiger charge is 2.17. The van der Waals surface area contributed by atoms with Crippen LogP contribution in [0.4, 0.5) is 0 Å². The van der Waals surface area contributed by atoms with E-state index in [1.165, 1.54) is 25.7 Å². The fourth-order valence-corrected chi connectivity index (χ4v) is 2.36. The van der Waals surface area contributed by atoms with Gasteiger partial charge in [0.25, 0.3) is 0 Å². The molecule has 1 aliphatic heterocycles. The average molecular weight is 215 g/mol. The second-order valence-electron chi connectivity index (χ2n) is 4.61. The number of hydrogen-bond donors (Lipinski definition) is 1. The summed E-state index contributed by atoms with van der Waals surface area (Å²) in [7, 11) is 1.64. The van der Waals surface area contributed by atoms with Gasteiger partial charge in [0, 0.05) is 13.7 Å². The first-order valence-electron chi connectivity index (χ1n) is 6.15. The average Bonchev–Trinajstić information content (AvgIpc) is 2.43. The quantitative estimate of drug-likeness (QED) is 0.754. The van der Waals surface area contributed by atoms with Gasteiger partial charge in [0.2, 0.25) is 0 Å². The lowest BCUT2D eigenvalue weighted by molar-refractivity contribution is 0.0382. The van der Waals surface area contributed by atoms with Gasteiger partial charge in [0.05, 0.1) is 12.7 Å². The number of β-amino-alcohol motifs (C(OH)–C–C–N with tert-alkyl or cyclic N) is 1. The third-order valence-electron chi connectivity index (χ3n) is 3.35. The van der Waals surface area contributed by atoms with Gasteiger partial charge in [-0.05, 0) is 38.3 Å². The molecule has 2 atom stereocenters. The molecule has 0 saturated carbocycles. The summed E-state index contributed by atoms with van der Waals surface area (Å²) >= 11 is 0. The summed E-state index contributed by atoms with van der Waals surface area (Å²) in [6, 6.07) is 0. The minimum absolute atomic E-state index is 0.326. The highest BCUT2D eigenvalue weighted by Crippen LogP contribution is 2.20. The normalized spacial score (nSPS) is 26.2. The zero-order valence-corrected chi connectivity index (χ0v) is 10.1. The van der Waals surface area contributed by atoms with Crippen molar-refractivity contribution in [3.8, 4) is 0 Å². The van der Waals surface area contributed by atoms with E-state index in [1.54, 1.807) is 7.11 Å². The number of aliphatic hydroxyl groups is 1. The van der Waals surface area contributed by atoms with Gasteiger partial charge >= 0.3 is 0 Å². The predicted molar refractivity (Wildman–Crippen MR) is 62.0 cm³/mol. The molecule has 0 aromatic heterocycles. The number of rotatable bonds is 5. The summed E-state index contributed by atoms with van der Waals surface area (Å²) < 4.78 is 4.94. The summed E-state index contributed by atoms with van der Waals surface area (Å²) in [5.41, 5.74) is 0. The number of hydrogen-bond acceptors (Lipinski definition) is 3. The number of aliphatic hydroxyl groups excluding tert-OH is 1. The molecule has 0 radical (unpaired) electrons. The molecule has 0 bridgehead atoms. The van der Waals surface area contributed by atoms with Crippen molar-refractivity contribution >= 4 is 0 Å². The Hall–Kier alpha value is -0.120. The topological polar surface area (TPSA) is 32.7 Å². The smallest absolute Gasteiger partial charge is 0.0900 e. The maximum atomic E-state index is 9.65. The first kappa shape index (κ1) is 12.9. The zero-order chi connectivity index (χ0) is 11.1. The van der Waals surface area contributed by atoms with Crippen LogP contribution in [0.3, 0.4) is 0 Å². The van der Waals surface area contributed by atoms with Crippen LogP contribution in [0, 0.1) is 5.92 Å². The summed E-state index contributed by atoms with van der Waals surface area (Å²) in [6.07, 6.45) is 4.89. The highest BCUT2D eigenvalue weighted by molar-refractivity contribution is 4.71. The second kappa shape index (κ2) is 7.20. The first-order chi connectivity index (χ1) is 7.26. The van der Waals surface area contributed by atoms with Crippen LogP contribution >= 0.6 is 0 Å². The monoisotopic (exact) mass is 215 g/mol. The zero-order valence-electron chi connectivity index (χ0n) is 10.1. The Balaban J connectivity index is 2.24. The van der Waals surface area contributed by atoms with E-state index >= 15 is 0 Å². The molecule has 0 spiro atoms. The Morgan fingerprint density at radius 1 is 1.40 bits per heavy atom. The van der Waals surface area contributed by atoms with Crippen molar-refractivity contribution in [2.75, 3.05) is 33.4 Å². The van der Waals surface area contributed by atoms with Crippen LogP contribution in [0.25, 0.3) is 0 Å². The van der Waals surface area contributed by atoms with Gasteiger partial charge in [-0.2, -0.15) is 0 Å². The summed E-state index contributed by atoms with van der Waals surface area (Å²) in [5.74, 6) is 0.898. The fourth-order valence-electron chi connectivity index (χ4n) is 2.36. The summed E-state index contributed by atoms with van der Waals surface area (Å²) in [6.45, 7) is 5.77. The van der Waals surface area contributed by atoms with Crippen LogP contribution in [0.5, 0.6) is 0 Å².